The lowest BCUT2D eigenvalue weighted by atomic mass is 10.2. The molecule has 11 heteroatoms. The number of thioether (sulfide) groups is 1. The van der Waals surface area contributed by atoms with Crippen LogP contribution in [-0.2, 0) is 11.3 Å². The Kier molecular flexibility index (Phi) is 9.11. The maximum atomic E-state index is 12.1. The fourth-order valence-corrected chi connectivity index (χ4v) is 4.42. The second-order valence-electron chi connectivity index (χ2n) is 7.09. The molecule has 0 bridgehead atoms. The lowest BCUT2D eigenvalue weighted by Gasteiger charge is -2.12. The number of aromatic nitrogens is 3. The van der Waals surface area contributed by atoms with E-state index in [1.54, 1.807) is 49.1 Å². The molecular formula is C25H24ClN3O6S. The Morgan fingerprint density at radius 3 is 2.39 bits per heavy atom. The van der Waals surface area contributed by atoms with Gasteiger partial charge in [0.25, 0.3) is 0 Å². The maximum absolute atomic E-state index is 12.1. The third-order valence-corrected chi connectivity index (χ3v) is 6.18. The number of nitrogens with zero attached hydrogens (tertiary/aromatic N) is 3. The number of halogens is 1. The normalized spacial score (nSPS) is 11.1. The summed E-state index contributed by atoms with van der Waals surface area (Å²) in [6, 6.07) is 8.54. The standard InChI is InChI=1S/C25H24ClN3O6S/c1-6-8-35-22-19(26)9-15(10-20(22)34-5)11-21(24(30)31)36-25-28-27-23(29(25)7-2)16-12-17(32-3)14-18(13-16)33-4/h1,9-14H,7-8H2,2-5H3,(H,30,31)/b21-11-. The number of carboxylic acid groups (broad SMARTS) is 1. The Balaban J connectivity index is 2.00. The molecule has 9 nitrogen and oxygen atoms in total. The molecule has 0 saturated carbocycles. The first-order valence-electron chi connectivity index (χ1n) is 10.6. The average molecular weight is 530 g/mol. The van der Waals surface area contributed by atoms with Crippen molar-refractivity contribution >= 4 is 35.4 Å². The summed E-state index contributed by atoms with van der Waals surface area (Å²) < 4.78 is 23.3. The number of rotatable bonds is 11. The van der Waals surface area contributed by atoms with Gasteiger partial charge in [-0.25, -0.2) is 4.79 Å². The highest BCUT2D eigenvalue weighted by Crippen LogP contribution is 2.38. The molecule has 0 spiro atoms. The highest BCUT2D eigenvalue weighted by Gasteiger charge is 2.20. The molecule has 0 amide bonds. The van der Waals surface area contributed by atoms with Crippen molar-refractivity contribution < 1.29 is 28.8 Å². The summed E-state index contributed by atoms with van der Waals surface area (Å²) in [5.41, 5.74) is 1.21. The number of carboxylic acids is 1. The van der Waals surface area contributed by atoms with E-state index in [4.69, 9.17) is 37.0 Å². The highest BCUT2D eigenvalue weighted by atomic mass is 35.5. The molecule has 0 radical (unpaired) electrons. The third kappa shape index (κ3) is 6.05. The monoisotopic (exact) mass is 529 g/mol. The highest BCUT2D eigenvalue weighted by molar-refractivity contribution is 8.04. The molecular weight excluding hydrogens is 506 g/mol. The van der Waals surface area contributed by atoms with Gasteiger partial charge in [-0.05, 0) is 54.6 Å². The van der Waals surface area contributed by atoms with Crippen molar-refractivity contribution in [1.82, 2.24) is 14.8 Å². The zero-order valence-electron chi connectivity index (χ0n) is 20.1. The molecule has 3 rings (SSSR count). The van der Waals surface area contributed by atoms with E-state index < -0.39 is 5.97 Å². The molecule has 0 saturated heterocycles. The van der Waals surface area contributed by atoms with Crippen molar-refractivity contribution in [3.05, 3.63) is 45.8 Å². The number of hydrogen-bond acceptors (Lipinski definition) is 8. The van der Waals surface area contributed by atoms with E-state index in [0.717, 1.165) is 11.8 Å². The van der Waals surface area contributed by atoms with E-state index in [9.17, 15) is 9.90 Å². The first-order valence-corrected chi connectivity index (χ1v) is 11.8. The Labute approximate surface area is 218 Å². The van der Waals surface area contributed by atoms with Crippen LogP contribution in [0.5, 0.6) is 23.0 Å². The maximum Gasteiger partial charge on any atom is 0.342 e. The summed E-state index contributed by atoms with van der Waals surface area (Å²) in [7, 11) is 4.57. The van der Waals surface area contributed by atoms with Gasteiger partial charge in [0.15, 0.2) is 22.5 Å². The molecule has 0 aliphatic carbocycles. The smallest absolute Gasteiger partial charge is 0.342 e. The predicted molar refractivity (Wildman–Crippen MR) is 138 cm³/mol. The first kappa shape index (κ1) is 26.8. The van der Waals surface area contributed by atoms with Gasteiger partial charge in [-0.2, -0.15) is 0 Å². The first-order chi connectivity index (χ1) is 17.3. The van der Waals surface area contributed by atoms with Gasteiger partial charge in [-0.1, -0.05) is 17.5 Å². The number of terminal acetylenes is 1. The molecule has 0 fully saturated rings. The molecule has 0 aliphatic rings. The minimum Gasteiger partial charge on any atom is -0.497 e. The summed E-state index contributed by atoms with van der Waals surface area (Å²) in [4.78, 5) is 12.1. The largest absolute Gasteiger partial charge is 0.497 e. The van der Waals surface area contributed by atoms with Gasteiger partial charge >= 0.3 is 5.97 Å². The van der Waals surface area contributed by atoms with Gasteiger partial charge in [0.05, 0.1) is 26.4 Å². The van der Waals surface area contributed by atoms with Crippen LogP contribution in [0.2, 0.25) is 5.02 Å². The minimum absolute atomic E-state index is 0.00212. The molecule has 1 N–H and O–H groups in total. The molecule has 0 aliphatic heterocycles. The Morgan fingerprint density at radius 2 is 1.83 bits per heavy atom. The number of aliphatic carboxylic acids is 1. The number of methoxy groups -OCH3 is 3. The van der Waals surface area contributed by atoms with Gasteiger partial charge in [-0.3, -0.25) is 0 Å². The van der Waals surface area contributed by atoms with E-state index in [-0.39, 0.29) is 22.3 Å². The van der Waals surface area contributed by atoms with Crippen LogP contribution in [0.1, 0.15) is 12.5 Å². The van der Waals surface area contributed by atoms with Crippen LogP contribution >= 0.6 is 23.4 Å². The minimum atomic E-state index is -1.14. The molecule has 36 heavy (non-hydrogen) atoms. The summed E-state index contributed by atoms with van der Waals surface area (Å²) in [5.74, 6) is 3.56. The quantitative estimate of drug-likeness (QED) is 0.211. The Hall–Kier alpha value is -3.81. The molecule has 0 atom stereocenters. The van der Waals surface area contributed by atoms with Crippen molar-refractivity contribution in [3.63, 3.8) is 0 Å². The number of carbonyl (C=O) groups is 1. The Bertz CT molecular complexity index is 1310. The second kappa shape index (κ2) is 12.2. The van der Waals surface area contributed by atoms with Crippen LogP contribution in [0, 0.1) is 12.3 Å². The predicted octanol–water partition coefficient (Wildman–Crippen LogP) is 4.87. The summed E-state index contributed by atoms with van der Waals surface area (Å²) in [6.45, 7) is 2.42. The van der Waals surface area contributed by atoms with Crippen molar-refractivity contribution in [1.29, 1.82) is 0 Å². The molecule has 3 aromatic rings. The van der Waals surface area contributed by atoms with E-state index in [2.05, 4.69) is 16.1 Å². The van der Waals surface area contributed by atoms with Crippen molar-refractivity contribution in [2.75, 3.05) is 27.9 Å². The zero-order valence-corrected chi connectivity index (χ0v) is 21.6. The van der Waals surface area contributed by atoms with Crippen molar-refractivity contribution in [2.45, 2.75) is 18.6 Å². The molecule has 188 valence electrons. The van der Waals surface area contributed by atoms with Crippen LogP contribution in [0.25, 0.3) is 17.5 Å². The topological polar surface area (TPSA) is 105 Å². The fourth-order valence-electron chi connectivity index (χ4n) is 3.26. The summed E-state index contributed by atoms with van der Waals surface area (Å²) in [5, 5.41) is 19.1. The van der Waals surface area contributed by atoms with Crippen molar-refractivity contribution in [2.24, 2.45) is 0 Å². The van der Waals surface area contributed by atoms with Crippen LogP contribution in [0.4, 0.5) is 0 Å². The van der Waals surface area contributed by atoms with E-state index in [1.165, 1.54) is 13.2 Å². The molecule has 1 heterocycles. The SMILES string of the molecule is C#CCOc1c(Cl)cc(/C=C(\Sc2nnc(-c3cc(OC)cc(OC)c3)n2CC)C(=O)O)cc1OC. The fraction of sp³-hybridized carbons (Fsp3) is 0.240. The number of ether oxygens (including phenoxy) is 4. The van der Waals surface area contributed by atoms with E-state index >= 15 is 0 Å². The molecule has 0 unspecified atom stereocenters. The van der Waals surface area contributed by atoms with E-state index in [1.807, 2.05) is 6.92 Å². The Morgan fingerprint density at radius 1 is 1.14 bits per heavy atom. The average Bonchev–Trinajstić information content (AvgIpc) is 3.29. The second-order valence-corrected chi connectivity index (χ2v) is 8.51. The van der Waals surface area contributed by atoms with Gasteiger partial charge in [-0.15, -0.1) is 16.6 Å². The zero-order chi connectivity index (χ0) is 26.2. The van der Waals surface area contributed by atoms with Gasteiger partial charge in [0.2, 0.25) is 0 Å². The van der Waals surface area contributed by atoms with Crippen LogP contribution in [0.15, 0.2) is 40.4 Å². The number of hydrogen-bond donors (Lipinski definition) is 1. The van der Waals surface area contributed by atoms with E-state index in [0.29, 0.717) is 45.9 Å². The van der Waals surface area contributed by atoms with Crippen LogP contribution < -0.4 is 18.9 Å². The summed E-state index contributed by atoms with van der Waals surface area (Å²) in [6.07, 6.45) is 6.72. The molecule has 1 aromatic heterocycles. The van der Waals surface area contributed by atoms with Crippen LogP contribution in [0.3, 0.4) is 0 Å². The third-order valence-electron chi connectivity index (χ3n) is 4.90. The van der Waals surface area contributed by atoms with Gasteiger partial charge in [0, 0.05) is 18.2 Å². The van der Waals surface area contributed by atoms with Crippen molar-refractivity contribution in [3.8, 4) is 46.7 Å². The number of benzene rings is 2. The lowest BCUT2D eigenvalue weighted by Crippen LogP contribution is -2.03. The lowest BCUT2D eigenvalue weighted by molar-refractivity contribution is -0.131. The molecule has 2 aromatic carbocycles. The summed E-state index contributed by atoms with van der Waals surface area (Å²) >= 11 is 7.30. The van der Waals surface area contributed by atoms with Crippen LogP contribution in [-0.4, -0.2) is 53.8 Å². The van der Waals surface area contributed by atoms with Gasteiger partial charge < -0.3 is 28.6 Å². The van der Waals surface area contributed by atoms with Gasteiger partial charge in [0.1, 0.15) is 23.0 Å².